The molecule has 19 atom stereocenters. The van der Waals surface area contributed by atoms with E-state index in [4.69, 9.17) is 35.3 Å². The second-order valence-corrected chi connectivity index (χ2v) is 22.5. The fourth-order valence-electron chi connectivity index (χ4n) is 11.7. The van der Waals surface area contributed by atoms with Gasteiger partial charge in [0.25, 0.3) is 0 Å². The average Bonchev–Trinajstić information content (AvgIpc) is 3.67. The van der Waals surface area contributed by atoms with Crippen LogP contribution in [0.4, 0.5) is 0 Å². The van der Waals surface area contributed by atoms with Crippen molar-refractivity contribution in [1.82, 2.24) is 4.72 Å². The van der Waals surface area contributed by atoms with Gasteiger partial charge in [-0.3, -0.25) is 9.59 Å². The van der Waals surface area contributed by atoms with Gasteiger partial charge >= 0.3 is 5.97 Å². The van der Waals surface area contributed by atoms with Crippen LogP contribution in [-0.4, -0.2) is 107 Å². The number of ether oxygens (including phenoxy) is 5. The first-order chi connectivity index (χ1) is 30.0. The predicted octanol–water partition coefficient (Wildman–Crippen LogP) is 7.87. The number of aliphatic hydroxyl groups is 2. The highest BCUT2D eigenvalue weighted by Crippen LogP contribution is 2.49. The number of aliphatic carboxylic acids is 1. The number of Topliss-reactive ketones (excluding diaryl/α,β-unsaturated/α-hetero) is 1. The van der Waals surface area contributed by atoms with Gasteiger partial charge in [0.15, 0.2) is 5.79 Å². The lowest BCUT2D eigenvalue weighted by Gasteiger charge is -2.52. The van der Waals surface area contributed by atoms with E-state index in [9.17, 15) is 33.3 Å². The zero-order chi connectivity index (χ0) is 47.1. The number of benzene rings is 1. The van der Waals surface area contributed by atoms with E-state index in [1.807, 2.05) is 48.5 Å². The summed E-state index contributed by atoms with van der Waals surface area (Å²) in [5.41, 5.74) is -1.65. The first-order valence-electron chi connectivity index (χ1n) is 24.0. The lowest BCUT2D eigenvalue weighted by atomic mass is 9.72. The molecular weight excluding hydrogens is 862 g/mol. The second kappa shape index (κ2) is 20.3. The molecule has 64 heavy (non-hydrogen) atoms. The molecule has 1 spiro atoms. The number of halogens is 1. The maximum absolute atomic E-state index is 14.7. The number of ketones is 1. The van der Waals surface area contributed by atoms with Crippen LogP contribution in [-0.2, 0) is 43.3 Å². The highest BCUT2D eigenvalue weighted by Gasteiger charge is 2.57. The van der Waals surface area contributed by atoms with Crippen LogP contribution in [0.25, 0.3) is 0 Å². The molecule has 13 nitrogen and oxygen atoms in total. The van der Waals surface area contributed by atoms with E-state index in [1.54, 1.807) is 19.1 Å². The third-order valence-corrected chi connectivity index (χ3v) is 17.8. The second-order valence-electron chi connectivity index (χ2n) is 20.3. The van der Waals surface area contributed by atoms with Gasteiger partial charge in [-0.2, -0.15) is 0 Å². The van der Waals surface area contributed by atoms with E-state index in [1.165, 1.54) is 24.3 Å². The lowest BCUT2D eigenvalue weighted by molar-refractivity contribution is -0.327. The highest BCUT2D eigenvalue weighted by molar-refractivity contribution is 7.89. The monoisotopic (exact) mass is 937 g/mol. The molecule has 0 amide bonds. The van der Waals surface area contributed by atoms with Gasteiger partial charge in [-0.15, -0.1) is 0 Å². The normalized spacial score (nSPS) is 40.7. The fourth-order valence-corrected chi connectivity index (χ4v) is 13.0. The van der Waals surface area contributed by atoms with Crippen LogP contribution in [0.5, 0.6) is 0 Å². The van der Waals surface area contributed by atoms with Crippen molar-refractivity contribution in [3.8, 4) is 0 Å². The van der Waals surface area contributed by atoms with E-state index < -0.39 is 105 Å². The van der Waals surface area contributed by atoms with Crippen molar-refractivity contribution in [1.29, 1.82) is 0 Å². The average molecular weight is 939 g/mol. The van der Waals surface area contributed by atoms with Gasteiger partial charge in [0.1, 0.15) is 11.9 Å². The quantitative estimate of drug-likeness (QED) is 0.118. The summed E-state index contributed by atoms with van der Waals surface area (Å²) in [6.45, 7) is 19.5. The van der Waals surface area contributed by atoms with Gasteiger partial charge in [0, 0.05) is 28.7 Å². The number of aliphatic hydroxyl groups excluding tert-OH is 1. The van der Waals surface area contributed by atoms with E-state index in [2.05, 4.69) is 18.6 Å². The van der Waals surface area contributed by atoms with Gasteiger partial charge in [0.2, 0.25) is 10.0 Å². The van der Waals surface area contributed by atoms with Crippen molar-refractivity contribution < 1.29 is 57.0 Å². The van der Waals surface area contributed by atoms with E-state index >= 15 is 0 Å². The van der Waals surface area contributed by atoms with Gasteiger partial charge in [-0.05, 0) is 120 Å². The Labute approximate surface area is 386 Å². The smallest absolute Gasteiger partial charge is 0.309 e. The number of carboxylic acid groups (broad SMARTS) is 1. The van der Waals surface area contributed by atoms with Crippen molar-refractivity contribution in [2.45, 2.75) is 210 Å². The van der Waals surface area contributed by atoms with Gasteiger partial charge in [-0.1, -0.05) is 73.1 Å². The zero-order valence-corrected chi connectivity index (χ0v) is 41.1. The molecule has 4 fully saturated rings. The Morgan fingerprint density at radius 3 is 2.17 bits per heavy atom. The van der Waals surface area contributed by atoms with Crippen molar-refractivity contribution in [3.63, 3.8) is 0 Å². The maximum atomic E-state index is 14.7. The number of carboxylic acids is 1. The summed E-state index contributed by atoms with van der Waals surface area (Å²) in [5, 5.41) is 33.3. The summed E-state index contributed by atoms with van der Waals surface area (Å²) in [6, 6.07) is 5.12. The molecule has 0 saturated carbocycles. The van der Waals surface area contributed by atoms with Crippen LogP contribution in [0, 0.1) is 41.4 Å². The van der Waals surface area contributed by atoms with Crippen LogP contribution < -0.4 is 4.72 Å². The third-order valence-electron chi connectivity index (χ3n) is 16.1. The molecule has 0 aliphatic carbocycles. The number of carbonyl (C=O) groups excluding carboxylic acids is 1. The van der Waals surface area contributed by atoms with Crippen LogP contribution in [0.3, 0.4) is 0 Å². The summed E-state index contributed by atoms with van der Waals surface area (Å²) in [5.74, 6) is -4.97. The Morgan fingerprint density at radius 1 is 0.891 bits per heavy atom. The van der Waals surface area contributed by atoms with E-state index in [0.717, 1.165) is 6.42 Å². The molecule has 362 valence electrons. The topological polar surface area (TPSA) is 187 Å². The summed E-state index contributed by atoms with van der Waals surface area (Å²) in [4.78, 5) is 26.8. The Bertz CT molecular complexity index is 1920. The minimum absolute atomic E-state index is 0.0513. The summed E-state index contributed by atoms with van der Waals surface area (Å²) in [6.07, 6.45) is 4.85. The SMILES string of the molecule is CC[C@@H](C(=O)[C@@H](C)[C@@H](O)[C@H](C)[C@@H]1O[C@@H]([C@@H](CC)C(=O)O)CC[C@@H]1C)[C@H]1O[C@]2(C=C[C@@H](NS(=O)(=O)c3ccc(Cl)cc3)C(C3CC[C@@](C)([C@H]4CC[C@](O)(CC)[C@H](C)O4)O3)O2)[C@H](C)C[C@@H]1C. The molecule has 5 heterocycles. The number of rotatable bonds is 16. The molecule has 0 bridgehead atoms. The molecule has 0 aromatic heterocycles. The predicted molar refractivity (Wildman–Crippen MR) is 243 cm³/mol. The fraction of sp³-hybridized carbons (Fsp3) is 0.796. The van der Waals surface area contributed by atoms with Crippen LogP contribution in [0.2, 0.25) is 5.02 Å². The molecule has 4 N–H and O–H groups in total. The summed E-state index contributed by atoms with van der Waals surface area (Å²) in [7, 11) is -4.06. The lowest BCUT2D eigenvalue weighted by Crippen LogP contribution is -2.62. The van der Waals surface area contributed by atoms with Gasteiger partial charge in [-0.25, -0.2) is 13.1 Å². The van der Waals surface area contributed by atoms with Crippen molar-refractivity contribution in [3.05, 3.63) is 41.4 Å². The first kappa shape index (κ1) is 51.4. The van der Waals surface area contributed by atoms with Crippen LogP contribution in [0.1, 0.15) is 133 Å². The van der Waals surface area contributed by atoms with Crippen molar-refractivity contribution in [2.24, 2.45) is 41.4 Å². The third kappa shape index (κ3) is 10.4. The Balaban J connectivity index is 1.25. The van der Waals surface area contributed by atoms with Crippen molar-refractivity contribution in [2.75, 3.05) is 0 Å². The largest absolute Gasteiger partial charge is 0.481 e. The molecule has 0 radical (unpaired) electrons. The number of nitrogens with one attached hydrogen (secondary N) is 1. The highest BCUT2D eigenvalue weighted by atomic mass is 35.5. The molecule has 5 aliphatic heterocycles. The Kier molecular flexibility index (Phi) is 16.3. The molecule has 5 aliphatic rings. The molecule has 4 saturated heterocycles. The van der Waals surface area contributed by atoms with Crippen LogP contribution >= 0.6 is 11.6 Å². The minimum Gasteiger partial charge on any atom is -0.481 e. The van der Waals surface area contributed by atoms with Crippen LogP contribution in [0.15, 0.2) is 41.3 Å². The van der Waals surface area contributed by atoms with Gasteiger partial charge in [0.05, 0.1) is 70.8 Å². The molecule has 1 aromatic rings. The molecule has 2 unspecified atom stereocenters. The molecular formula is C49H76ClNO12S. The standard InChI is InChI=1S/C49H76ClNO12S/c1-11-35(46(54)55)38-19-14-27(4)43(60-38)31(8)41(52)30(7)42(53)36(12-2)44-28(5)26-29(6)49(62-44)25-20-37(51-64(57,58)34-17-15-33(50)16-18-34)45(63-49)39-21-23-47(10,61-39)40-22-24-48(56,13-3)32(9)59-40/h15-18,20,25,27-32,35-41,43-45,51-52,56H,11-14,19,21-24,26H2,1-10H3,(H,54,55)/t27-,28-,29+,30-,31-,32-,35+,36-,37+,38+,39?,40+,41+,43+,44-,45?,47-,48+,49-/m0/s1. The van der Waals surface area contributed by atoms with E-state index in [-0.39, 0.29) is 34.5 Å². The number of carbonyl (C=O) groups is 2. The molecule has 15 heteroatoms. The van der Waals surface area contributed by atoms with Crippen molar-refractivity contribution >= 4 is 33.4 Å². The minimum atomic E-state index is -4.06. The zero-order valence-electron chi connectivity index (χ0n) is 39.6. The first-order valence-corrected chi connectivity index (χ1v) is 25.9. The Morgan fingerprint density at radius 2 is 1.56 bits per heavy atom. The van der Waals surface area contributed by atoms with Gasteiger partial charge < -0.3 is 39.0 Å². The maximum Gasteiger partial charge on any atom is 0.309 e. The summed E-state index contributed by atoms with van der Waals surface area (Å²) < 4.78 is 64.8. The Hall–Kier alpha value is -1.98. The molecule has 6 rings (SSSR count). The van der Waals surface area contributed by atoms with E-state index in [0.29, 0.717) is 62.8 Å². The number of sulfonamides is 1. The number of hydrogen-bond donors (Lipinski definition) is 4. The molecule has 1 aromatic carbocycles. The summed E-state index contributed by atoms with van der Waals surface area (Å²) >= 11 is 6.11. The number of hydrogen-bond acceptors (Lipinski definition) is 11.